The molecule has 0 aromatic heterocycles. The lowest BCUT2D eigenvalue weighted by molar-refractivity contribution is -0.148. The van der Waals surface area contributed by atoms with Crippen LogP contribution in [0.4, 0.5) is 0 Å². The van der Waals surface area contributed by atoms with Crippen molar-refractivity contribution in [2.24, 2.45) is 23.5 Å². The highest BCUT2D eigenvalue weighted by atomic mass is 35.5. The predicted molar refractivity (Wildman–Crippen MR) is 103 cm³/mol. The smallest absolute Gasteiger partial charge is 0.333 e. The Bertz CT molecular complexity index is 596. The van der Waals surface area contributed by atoms with Gasteiger partial charge in [-0.05, 0) is 50.0 Å². The minimum atomic E-state index is -0.746. The molecule has 26 heavy (non-hydrogen) atoms. The van der Waals surface area contributed by atoms with Gasteiger partial charge in [0.05, 0.1) is 6.61 Å². The van der Waals surface area contributed by atoms with Gasteiger partial charge in [-0.15, -0.1) is 12.4 Å². The first-order valence-electron chi connectivity index (χ1n) is 9.37. The normalized spacial score (nSPS) is 28.4. The maximum absolute atomic E-state index is 12.9. The van der Waals surface area contributed by atoms with Crippen LogP contribution < -0.4 is 11.1 Å². The van der Waals surface area contributed by atoms with E-state index >= 15 is 0 Å². The molecule has 1 aromatic rings. The van der Waals surface area contributed by atoms with Crippen molar-refractivity contribution in [2.45, 2.75) is 51.1 Å². The van der Waals surface area contributed by atoms with Gasteiger partial charge in [0.2, 0.25) is 5.91 Å². The van der Waals surface area contributed by atoms with Crippen LogP contribution >= 0.6 is 12.4 Å². The summed E-state index contributed by atoms with van der Waals surface area (Å²) >= 11 is 0. The largest absolute Gasteiger partial charge is 0.464 e. The Balaban J connectivity index is 0.00000243. The molecule has 0 heterocycles. The fraction of sp³-hybridized carbons (Fsp3) is 0.600. The van der Waals surface area contributed by atoms with Crippen molar-refractivity contribution in [1.82, 2.24) is 5.32 Å². The van der Waals surface area contributed by atoms with E-state index in [4.69, 9.17) is 10.5 Å². The molecule has 2 aliphatic carbocycles. The number of nitrogens with two attached hydrogens (primary N) is 1. The highest BCUT2D eigenvalue weighted by Crippen LogP contribution is 2.42. The summed E-state index contributed by atoms with van der Waals surface area (Å²) in [6.45, 7) is 2.06. The zero-order chi connectivity index (χ0) is 17.8. The lowest BCUT2D eigenvalue weighted by Gasteiger charge is -2.43. The SMILES string of the molecule is CCOC(=O)[C@H](NC(=O)C1CC2CCCC(C1)C2N)c1ccccc1.Cl. The number of benzene rings is 1. The molecule has 0 saturated heterocycles. The number of esters is 1. The lowest BCUT2D eigenvalue weighted by atomic mass is 9.65. The van der Waals surface area contributed by atoms with E-state index in [1.165, 1.54) is 6.42 Å². The Morgan fingerprint density at radius 1 is 1.19 bits per heavy atom. The maximum Gasteiger partial charge on any atom is 0.333 e. The first-order chi connectivity index (χ1) is 12.1. The van der Waals surface area contributed by atoms with Crippen molar-refractivity contribution in [1.29, 1.82) is 0 Å². The molecular weight excluding hydrogens is 352 g/mol. The summed E-state index contributed by atoms with van der Waals surface area (Å²) in [5, 5.41) is 2.94. The van der Waals surface area contributed by atoms with E-state index in [0.29, 0.717) is 18.4 Å². The molecule has 6 heteroatoms. The molecule has 3 atom stereocenters. The van der Waals surface area contributed by atoms with Crippen LogP contribution in [0.25, 0.3) is 0 Å². The Morgan fingerprint density at radius 3 is 2.38 bits per heavy atom. The number of fused-ring (bicyclic) bond motifs is 2. The van der Waals surface area contributed by atoms with Gasteiger partial charge in [-0.1, -0.05) is 36.8 Å². The van der Waals surface area contributed by atoms with Crippen molar-refractivity contribution in [3.05, 3.63) is 35.9 Å². The third-order valence-corrected chi connectivity index (χ3v) is 5.73. The fourth-order valence-corrected chi connectivity index (χ4v) is 4.41. The molecule has 3 rings (SSSR count). The average molecular weight is 381 g/mol. The summed E-state index contributed by atoms with van der Waals surface area (Å²) in [6, 6.07) is 8.77. The molecule has 3 N–H and O–H groups in total. The molecule has 2 fully saturated rings. The molecule has 2 saturated carbocycles. The van der Waals surface area contributed by atoms with Crippen molar-refractivity contribution >= 4 is 24.3 Å². The van der Waals surface area contributed by atoms with Gasteiger partial charge in [-0.2, -0.15) is 0 Å². The summed E-state index contributed by atoms with van der Waals surface area (Å²) in [6.07, 6.45) is 5.09. The zero-order valence-electron chi connectivity index (χ0n) is 15.2. The fourth-order valence-electron chi connectivity index (χ4n) is 4.41. The summed E-state index contributed by atoms with van der Waals surface area (Å²) in [5.74, 6) is 0.346. The van der Waals surface area contributed by atoms with Crippen LogP contribution in [0.15, 0.2) is 30.3 Å². The third-order valence-electron chi connectivity index (χ3n) is 5.73. The standard InChI is InChI=1S/C20H28N2O3.ClH/c1-2-25-20(24)18(13-7-4-3-5-8-13)22-19(23)16-11-14-9-6-10-15(12-16)17(14)21;/h3-5,7-8,14-18H,2,6,9-12,21H2,1H3,(H,22,23);1H/t14?,15?,16?,17?,18-;/m1./s1. The van der Waals surface area contributed by atoms with Crippen molar-refractivity contribution in [2.75, 3.05) is 6.61 Å². The number of carbonyl (C=O) groups is 2. The zero-order valence-corrected chi connectivity index (χ0v) is 16.0. The monoisotopic (exact) mass is 380 g/mol. The van der Waals surface area contributed by atoms with Crippen LogP contribution in [0.3, 0.4) is 0 Å². The van der Waals surface area contributed by atoms with Crippen LogP contribution in [-0.4, -0.2) is 24.5 Å². The minimum Gasteiger partial charge on any atom is -0.464 e. The first-order valence-corrected chi connectivity index (χ1v) is 9.37. The van der Waals surface area contributed by atoms with Gasteiger partial charge in [0.1, 0.15) is 0 Å². The van der Waals surface area contributed by atoms with Gasteiger partial charge in [-0.25, -0.2) is 4.79 Å². The molecular formula is C20H29ClN2O3. The topological polar surface area (TPSA) is 81.4 Å². The molecule has 5 nitrogen and oxygen atoms in total. The minimum absolute atomic E-state index is 0. The summed E-state index contributed by atoms with van der Waals surface area (Å²) in [7, 11) is 0. The number of carbonyl (C=O) groups excluding carboxylic acids is 2. The lowest BCUT2D eigenvalue weighted by Crippen LogP contribution is -2.49. The van der Waals surface area contributed by atoms with E-state index in [9.17, 15) is 9.59 Å². The second-order valence-corrected chi connectivity index (χ2v) is 7.30. The Morgan fingerprint density at radius 2 is 1.81 bits per heavy atom. The molecule has 2 unspecified atom stereocenters. The second-order valence-electron chi connectivity index (χ2n) is 7.30. The number of rotatable bonds is 5. The van der Waals surface area contributed by atoms with Gasteiger partial charge in [0, 0.05) is 12.0 Å². The van der Waals surface area contributed by atoms with Crippen LogP contribution in [-0.2, 0) is 14.3 Å². The first kappa shape index (κ1) is 20.7. The number of amides is 1. The number of nitrogens with one attached hydrogen (secondary N) is 1. The van der Waals surface area contributed by atoms with Gasteiger partial charge >= 0.3 is 5.97 Å². The Hall–Kier alpha value is -1.59. The molecule has 0 radical (unpaired) electrons. The predicted octanol–water partition coefficient (Wildman–Crippen LogP) is 2.98. The van der Waals surface area contributed by atoms with Crippen molar-refractivity contribution < 1.29 is 14.3 Å². The van der Waals surface area contributed by atoms with E-state index in [0.717, 1.165) is 31.2 Å². The van der Waals surface area contributed by atoms with Crippen LogP contribution in [0.1, 0.15) is 50.6 Å². The second kappa shape index (κ2) is 9.38. The number of ether oxygens (including phenoxy) is 1. The summed E-state index contributed by atoms with van der Waals surface area (Å²) < 4.78 is 5.16. The van der Waals surface area contributed by atoms with E-state index in [-0.39, 0.29) is 30.3 Å². The van der Waals surface area contributed by atoms with Gasteiger partial charge in [0.25, 0.3) is 0 Å². The van der Waals surface area contributed by atoms with Crippen LogP contribution in [0, 0.1) is 17.8 Å². The molecule has 2 aliphatic rings. The molecule has 2 bridgehead atoms. The quantitative estimate of drug-likeness (QED) is 0.769. The van der Waals surface area contributed by atoms with Gasteiger partial charge in [0.15, 0.2) is 6.04 Å². The summed E-state index contributed by atoms with van der Waals surface area (Å²) in [5.41, 5.74) is 7.07. The van der Waals surface area contributed by atoms with E-state index in [2.05, 4.69) is 5.32 Å². The van der Waals surface area contributed by atoms with E-state index < -0.39 is 12.0 Å². The third kappa shape index (κ3) is 4.57. The van der Waals surface area contributed by atoms with Crippen LogP contribution in [0.5, 0.6) is 0 Å². The average Bonchev–Trinajstić information content (AvgIpc) is 2.60. The molecule has 1 aromatic carbocycles. The van der Waals surface area contributed by atoms with Gasteiger partial charge in [-0.3, -0.25) is 4.79 Å². The maximum atomic E-state index is 12.9. The Kier molecular flexibility index (Phi) is 7.47. The molecule has 144 valence electrons. The number of hydrogen-bond acceptors (Lipinski definition) is 4. The number of halogens is 1. The van der Waals surface area contributed by atoms with Crippen molar-refractivity contribution in [3.63, 3.8) is 0 Å². The number of hydrogen-bond donors (Lipinski definition) is 2. The highest BCUT2D eigenvalue weighted by molar-refractivity contribution is 5.86. The highest BCUT2D eigenvalue weighted by Gasteiger charge is 2.41. The van der Waals surface area contributed by atoms with Gasteiger partial charge < -0.3 is 15.8 Å². The molecule has 1 amide bonds. The van der Waals surface area contributed by atoms with Crippen LogP contribution in [0.2, 0.25) is 0 Å². The summed E-state index contributed by atoms with van der Waals surface area (Å²) in [4.78, 5) is 25.2. The molecule has 0 spiro atoms. The van der Waals surface area contributed by atoms with E-state index in [1.807, 2.05) is 30.3 Å². The van der Waals surface area contributed by atoms with E-state index in [1.54, 1.807) is 6.92 Å². The Labute approximate surface area is 161 Å². The molecule has 0 aliphatic heterocycles. The van der Waals surface area contributed by atoms with Crippen molar-refractivity contribution in [3.8, 4) is 0 Å².